The molecule has 3 N–H and O–H groups in total. The van der Waals surface area contributed by atoms with E-state index in [0.29, 0.717) is 16.9 Å². The number of ether oxygens (including phenoxy) is 1. The van der Waals surface area contributed by atoms with Crippen LogP contribution in [0.3, 0.4) is 0 Å². The van der Waals surface area contributed by atoms with Crippen molar-refractivity contribution in [1.82, 2.24) is 0 Å². The van der Waals surface area contributed by atoms with Gasteiger partial charge in [-0.2, -0.15) is 0 Å². The third kappa shape index (κ3) is 3.45. The van der Waals surface area contributed by atoms with E-state index in [1.54, 1.807) is 12.1 Å². The Morgan fingerprint density at radius 1 is 1.15 bits per heavy atom. The van der Waals surface area contributed by atoms with Gasteiger partial charge < -0.3 is 10.5 Å². The Labute approximate surface area is 119 Å². The molecule has 0 aliphatic carbocycles. The van der Waals surface area contributed by atoms with E-state index in [1.165, 1.54) is 18.2 Å². The Morgan fingerprint density at radius 3 is 2.35 bits per heavy atom. The molecule has 104 valence electrons. The SMILES string of the molecule is N=C(N)c1ccc(OCc2cc(F)cc(F)c2)c(Cl)c1. The lowest BCUT2D eigenvalue weighted by atomic mass is 10.2. The van der Waals surface area contributed by atoms with Crippen LogP contribution in [-0.4, -0.2) is 5.84 Å². The number of hydrogen-bond acceptors (Lipinski definition) is 2. The Balaban J connectivity index is 2.12. The summed E-state index contributed by atoms with van der Waals surface area (Å²) in [6.45, 7) is -0.0200. The zero-order valence-electron chi connectivity index (χ0n) is 10.3. The smallest absolute Gasteiger partial charge is 0.138 e. The molecule has 0 unspecified atom stereocenters. The van der Waals surface area contributed by atoms with Crippen LogP contribution in [0.2, 0.25) is 5.02 Å². The first-order valence-electron chi connectivity index (χ1n) is 5.67. The third-order valence-electron chi connectivity index (χ3n) is 2.56. The molecule has 2 rings (SSSR count). The number of amidine groups is 1. The third-order valence-corrected chi connectivity index (χ3v) is 2.85. The van der Waals surface area contributed by atoms with Crippen molar-refractivity contribution < 1.29 is 13.5 Å². The van der Waals surface area contributed by atoms with Crippen molar-refractivity contribution in [2.75, 3.05) is 0 Å². The summed E-state index contributed by atoms with van der Waals surface area (Å²) in [7, 11) is 0. The van der Waals surface area contributed by atoms with Crippen molar-refractivity contribution in [3.05, 3.63) is 64.2 Å². The predicted octanol–water partition coefficient (Wildman–Crippen LogP) is 3.48. The molecular formula is C14H11ClF2N2O. The van der Waals surface area contributed by atoms with Gasteiger partial charge in [0.2, 0.25) is 0 Å². The number of rotatable bonds is 4. The molecule has 2 aromatic rings. The molecule has 0 aliphatic heterocycles. The van der Waals surface area contributed by atoms with Crippen molar-refractivity contribution in [3.8, 4) is 5.75 Å². The van der Waals surface area contributed by atoms with Gasteiger partial charge in [0.05, 0.1) is 5.02 Å². The van der Waals surface area contributed by atoms with Crippen molar-refractivity contribution in [2.24, 2.45) is 5.73 Å². The lowest BCUT2D eigenvalue weighted by Gasteiger charge is -2.09. The molecule has 0 saturated heterocycles. The Kier molecular flexibility index (Phi) is 4.20. The van der Waals surface area contributed by atoms with E-state index < -0.39 is 11.6 Å². The molecule has 20 heavy (non-hydrogen) atoms. The van der Waals surface area contributed by atoms with E-state index in [0.717, 1.165) is 6.07 Å². The normalized spacial score (nSPS) is 10.3. The Morgan fingerprint density at radius 2 is 1.80 bits per heavy atom. The Bertz CT molecular complexity index is 641. The summed E-state index contributed by atoms with van der Waals surface area (Å²) in [5.74, 6) is -1.09. The first-order valence-corrected chi connectivity index (χ1v) is 6.05. The van der Waals surface area contributed by atoms with E-state index in [4.69, 9.17) is 27.5 Å². The molecule has 6 heteroatoms. The topological polar surface area (TPSA) is 59.1 Å². The highest BCUT2D eigenvalue weighted by atomic mass is 35.5. The number of halogens is 3. The van der Waals surface area contributed by atoms with Crippen LogP contribution in [-0.2, 0) is 6.61 Å². The molecule has 3 nitrogen and oxygen atoms in total. The van der Waals surface area contributed by atoms with Gasteiger partial charge in [0.15, 0.2) is 0 Å². The molecule has 0 radical (unpaired) electrons. The summed E-state index contributed by atoms with van der Waals surface area (Å²) in [6, 6.07) is 7.77. The zero-order valence-corrected chi connectivity index (χ0v) is 11.0. The number of nitrogens with two attached hydrogens (primary N) is 1. The van der Waals surface area contributed by atoms with E-state index in [1.807, 2.05) is 0 Å². The van der Waals surface area contributed by atoms with Crippen LogP contribution in [0.15, 0.2) is 36.4 Å². The van der Waals surface area contributed by atoms with Gasteiger partial charge in [0.25, 0.3) is 0 Å². The highest BCUT2D eigenvalue weighted by molar-refractivity contribution is 6.32. The Hall–Kier alpha value is -2.14. The molecule has 0 heterocycles. The fraction of sp³-hybridized carbons (Fsp3) is 0.0714. The van der Waals surface area contributed by atoms with Crippen molar-refractivity contribution >= 4 is 17.4 Å². The minimum atomic E-state index is -0.665. The van der Waals surface area contributed by atoms with Gasteiger partial charge >= 0.3 is 0 Å². The molecule has 0 saturated carbocycles. The van der Waals surface area contributed by atoms with Crippen molar-refractivity contribution in [1.29, 1.82) is 5.41 Å². The summed E-state index contributed by atoms with van der Waals surface area (Å²) >= 11 is 5.98. The van der Waals surface area contributed by atoms with Gasteiger partial charge in [-0.05, 0) is 35.9 Å². The zero-order chi connectivity index (χ0) is 14.7. The number of hydrogen-bond donors (Lipinski definition) is 2. The summed E-state index contributed by atoms with van der Waals surface area (Å²) in [5.41, 5.74) is 6.16. The van der Waals surface area contributed by atoms with E-state index in [-0.39, 0.29) is 17.5 Å². The highest BCUT2D eigenvalue weighted by Crippen LogP contribution is 2.26. The molecule has 0 spiro atoms. The molecule has 0 aromatic heterocycles. The second-order valence-electron chi connectivity index (χ2n) is 4.13. The predicted molar refractivity (Wildman–Crippen MR) is 73.2 cm³/mol. The van der Waals surface area contributed by atoms with E-state index in [9.17, 15) is 8.78 Å². The monoisotopic (exact) mass is 296 g/mol. The van der Waals surface area contributed by atoms with Gasteiger partial charge in [0, 0.05) is 11.6 Å². The molecular weight excluding hydrogens is 286 g/mol. The summed E-state index contributed by atoms with van der Waals surface area (Å²) in [5, 5.41) is 7.55. The van der Waals surface area contributed by atoms with Crippen molar-refractivity contribution in [2.45, 2.75) is 6.61 Å². The summed E-state index contributed by atoms with van der Waals surface area (Å²) < 4.78 is 31.4. The second-order valence-corrected chi connectivity index (χ2v) is 4.53. The van der Waals surface area contributed by atoms with Gasteiger partial charge in [-0.1, -0.05) is 11.6 Å². The van der Waals surface area contributed by atoms with Gasteiger partial charge in [0.1, 0.15) is 29.8 Å². The minimum absolute atomic E-state index is 0.0200. The second kappa shape index (κ2) is 5.88. The standard InChI is InChI=1S/C14H11ClF2N2O/c15-12-5-9(14(18)19)1-2-13(12)20-7-8-3-10(16)6-11(17)4-8/h1-6H,7H2,(H3,18,19). The first kappa shape index (κ1) is 14.3. The fourth-order valence-corrected chi connectivity index (χ4v) is 1.88. The lowest BCUT2D eigenvalue weighted by molar-refractivity contribution is 0.305. The maximum absolute atomic E-state index is 13.0. The van der Waals surface area contributed by atoms with Gasteiger partial charge in [-0.15, -0.1) is 0 Å². The largest absolute Gasteiger partial charge is 0.487 e. The van der Waals surface area contributed by atoms with Crippen molar-refractivity contribution in [3.63, 3.8) is 0 Å². The summed E-state index contributed by atoms with van der Waals surface area (Å²) in [6.07, 6.45) is 0. The fourth-order valence-electron chi connectivity index (χ4n) is 1.64. The molecule has 0 aliphatic rings. The van der Waals surface area contributed by atoms with Crippen LogP contribution >= 0.6 is 11.6 Å². The van der Waals surface area contributed by atoms with Crippen LogP contribution in [0.1, 0.15) is 11.1 Å². The van der Waals surface area contributed by atoms with Gasteiger partial charge in [-0.25, -0.2) is 8.78 Å². The first-order chi connectivity index (χ1) is 9.45. The molecule has 0 fully saturated rings. The maximum atomic E-state index is 13.0. The van der Waals surface area contributed by atoms with Crippen LogP contribution in [0.5, 0.6) is 5.75 Å². The number of nitrogens with one attached hydrogen (secondary N) is 1. The molecule has 0 amide bonds. The molecule has 2 aromatic carbocycles. The van der Waals surface area contributed by atoms with Crippen LogP contribution in [0.4, 0.5) is 8.78 Å². The summed E-state index contributed by atoms with van der Waals surface area (Å²) in [4.78, 5) is 0. The van der Waals surface area contributed by atoms with Crippen LogP contribution < -0.4 is 10.5 Å². The van der Waals surface area contributed by atoms with Crippen LogP contribution in [0.25, 0.3) is 0 Å². The average Bonchev–Trinajstić information content (AvgIpc) is 2.36. The molecule has 0 atom stereocenters. The average molecular weight is 297 g/mol. The maximum Gasteiger partial charge on any atom is 0.138 e. The van der Waals surface area contributed by atoms with Gasteiger partial charge in [-0.3, -0.25) is 5.41 Å². The van der Waals surface area contributed by atoms with E-state index >= 15 is 0 Å². The minimum Gasteiger partial charge on any atom is -0.487 e. The quantitative estimate of drug-likeness (QED) is 0.670. The lowest BCUT2D eigenvalue weighted by Crippen LogP contribution is -2.10. The van der Waals surface area contributed by atoms with Crippen LogP contribution in [0, 0.1) is 17.0 Å². The van der Waals surface area contributed by atoms with E-state index in [2.05, 4.69) is 0 Å². The highest BCUT2D eigenvalue weighted by Gasteiger charge is 2.06. The number of nitrogen functional groups attached to an aromatic ring is 1. The molecule has 0 bridgehead atoms. The number of benzene rings is 2.